The number of fused-ring (bicyclic) bond motifs is 3. The van der Waals surface area contributed by atoms with E-state index in [0.717, 1.165) is 5.17 Å². The Morgan fingerprint density at radius 2 is 1.33 bits per heavy atom. The van der Waals surface area contributed by atoms with Crippen LogP contribution in [-0.4, -0.2) is 5.17 Å². The smallest absolute Gasteiger partial charge is 0.170 e. The highest BCUT2D eigenvalue weighted by molar-refractivity contribution is 8.14. The molecule has 3 aromatic rings. The van der Waals surface area contributed by atoms with Gasteiger partial charge in [0.15, 0.2) is 5.17 Å². The second-order valence-corrected chi connectivity index (χ2v) is 7.07. The monoisotopic (exact) mass is 328 g/mol. The van der Waals surface area contributed by atoms with Crippen LogP contribution in [0.5, 0.6) is 0 Å². The Morgan fingerprint density at radius 1 is 0.708 bits per heavy atom. The lowest BCUT2D eigenvalue weighted by atomic mass is 9.93. The van der Waals surface area contributed by atoms with Gasteiger partial charge in [0, 0.05) is 4.90 Å². The normalized spacial score (nSPS) is 21.3. The molecule has 2 aliphatic heterocycles. The lowest BCUT2D eigenvalue weighted by Crippen LogP contribution is -2.27. The van der Waals surface area contributed by atoms with E-state index in [2.05, 4.69) is 89.8 Å². The molecule has 0 amide bonds. The highest BCUT2D eigenvalue weighted by Crippen LogP contribution is 2.53. The van der Waals surface area contributed by atoms with Crippen LogP contribution in [-0.2, 0) is 0 Å². The summed E-state index contributed by atoms with van der Waals surface area (Å²) in [6.07, 6.45) is 0. The van der Waals surface area contributed by atoms with Crippen molar-refractivity contribution in [3.8, 4) is 0 Å². The van der Waals surface area contributed by atoms with E-state index >= 15 is 0 Å². The summed E-state index contributed by atoms with van der Waals surface area (Å²) in [5.74, 6) is 0. The van der Waals surface area contributed by atoms with Crippen LogP contribution in [0.25, 0.3) is 0 Å². The van der Waals surface area contributed by atoms with E-state index in [9.17, 15) is 0 Å². The first-order valence-electron chi connectivity index (χ1n) is 8.15. The number of hydrogen-bond acceptors (Lipinski definition) is 3. The zero-order valence-electron chi connectivity index (χ0n) is 13.0. The summed E-state index contributed by atoms with van der Waals surface area (Å²) < 4.78 is 0. The third-order valence-electron chi connectivity index (χ3n) is 4.64. The molecule has 0 saturated heterocycles. The average molecular weight is 328 g/mol. The first-order valence-corrected chi connectivity index (χ1v) is 8.97. The van der Waals surface area contributed by atoms with Gasteiger partial charge in [0.2, 0.25) is 0 Å². The molecule has 0 saturated carbocycles. The standard InChI is InChI=1S/C21H16N2S/c1-3-9-15(10-4-1)19-20(16-11-5-2-6-12-16)23-17-13-7-8-14-18(17)24-21(23)22-19/h1-14,19-20H/t19-,20-/m0/s1. The van der Waals surface area contributed by atoms with Crippen LogP contribution in [0.15, 0.2) is 94.8 Å². The molecule has 2 heterocycles. The van der Waals surface area contributed by atoms with Gasteiger partial charge >= 0.3 is 0 Å². The van der Waals surface area contributed by atoms with Gasteiger partial charge in [0.05, 0.1) is 11.7 Å². The van der Waals surface area contributed by atoms with Crippen molar-refractivity contribution >= 4 is 22.6 Å². The molecule has 24 heavy (non-hydrogen) atoms. The number of thioether (sulfide) groups is 1. The Labute approximate surface area is 145 Å². The molecule has 0 bridgehead atoms. The van der Waals surface area contributed by atoms with Crippen molar-refractivity contribution in [2.24, 2.45) is 4.99 Å². The van der Waals surface area contributed by atoms with Crippen LogP contribution in [0.4, 0.5) is 5.69 Å². The largest absolute Gasteiger partial charge is 0.310 e. The number of rotatable bonds is 2. The molecule has 0 unspecified atom stereocenters. The van der Waals surface area contributed by atoms with Gasteiger partial charge in [-0.05, 0) is 35.0 Å². The highest BCUT2D eigenvalue weighted by atomic mass is 32.2. The van der Waals surface area contributed by atoms with E-state index in [1.165, 1.54) is 21.7 Å². The molecule has 5 rings (SSSR count). The number of amidine groups is 1. The maximum atomic E-state index is 5.10. The predicted molar refractivity (Wildman–Crippen MR) is 101 cm³/mol. The SMILES string of the molecule is c1ccc([C@@H]2N=C3Sc4ccccc4N3[C@H]2c2ccccc2)cc1. The number of aliphatic imine (C=N–C) groups is 1. The Bertz CT molecular complexity index is 905. The Morgan fingerprint density at radius 3 is 2.08 bits per heavy atom. The van der Waals surface area contributed by atoms with Gasteiger partial charge in [0.1, 0.15) is 6.04 Å². The van der Waals surface area contributed by atoms with Crippen molar-refractivity contribution in [1.82, 2.24) is 0 Å². The lowest BCUT2D eigenvalue weighted by Gasteiger charge is -2.28. The minimum atomic E-state index is 0.129. The van der Waals surface area contributed by atoms with Crippen LogP contribution in [0.1, 0.15) is 23.2 Å². The van der Waals surface area contributed by atoms with E-state index in [0.29, 0.717) is 0 Å². The van der Waals surface area contributed by atoms with Crippen molar-refractivity contribution < 1.29 is 0 Å². The van der Waals surface area contributed by atoms with Crippen LogP contribution < -0.4 is 4.90 Å². The van der Waals surface area contributed by atoms with Gasteiger partial charge in [0.25, 0.3) is 0 Å². The molecular formula is C21H16N2S. The summed E-state index contributed by atoms with van der Waals surface area (Å²) in [5.41, 5.74) is 3.85. The van der Waals surface area contributed by atoms with Crippen molar-refractivity contribution in [3.05, 3.63) is 96.1 Å². The lowest BCUT2D eigenvalue weighted by molar-refractivity contribution is 0.610. The third kappa shape index (κ3) is 2.09. The van der Waals surface area contributed by atoms with Gasteiger partial charge in [-0.15, -0.1) is 0 Å². The van der Waals surface area contributed by atoms with E-state index in [1.54, 1.807) is 11.8 Å². The summed E-state index contributed by atoms with van der Waals surface area (Å²) in [5, 5.41) is 1.11. The zero-order chi connectivity index (χ0) is 15.9. The van der Waals surface area contributed by atoms with Crippen LogP contribution >= 0.6 is 11.8 Å². The molecule has 3 aromatic carbocycles. The Kier molecular flexibility index (Phi) is 3.20. The summed E-state index contributed by atoms with van der Waals surface area (Å²) >= 11 is 1.78. The molecule has 0 aliphatic carbocycles. The fraction of sp³-hybridized carbons (Fsp3) is 0.0952. The fourth-order valence-electron chi connectivity index (χ4n) is 3.57. The first-order chi connectivity index (χ1) is 11.9. The number of para-hydroxylation sites is 1. The molecule has 3 heteroatoms. The molecule has 0 aromatic heterocycles. The number of nitrogens with zero attached hydrogens (tertiary/aromatic N) is 2. The highest BCUT2D eigenvalue weighted by Gasteiger charge is 2.43. The summed E-state index contributed by atoms with van der Waals surface area (Å²) in [4.78, 5) is 8.80. The number of benzene rings is 3. The predicted octanol–water partition coefficient (Wildman–Crippen LogP) is 5.45. The van der Waals surface area contributed by atoms with Gasteiger partial charge in [-0.3, -0.25) is 4.99 Å². The van der Waals surface area contributed by atoms with Gasteiger partial charge < -0.3 is 4.90 Å². The topological polar surface area (TPSA) is 15.6 Å². The van der Waals surface area contributed by atoms with Crippen molar-refractivity contribution in [2.45, 2.75) is 17.0 Å². The Hall–Kier alpha value is -2.52. The van der Waals surface area contributed by atoms with Crippen molar-refractivity contribution in [2.75, 3.05) is 4.90 Å². The van der Waals surface area contributed by atoms with Gasteiger partial charge in [-0.1, -0.05) is 72.8 Å². The zero-order valence-corrected chi connectivity index (χ0v) is 13.9. The molecule has 0 spiro atoms. The van der Waals surface area contributed by atoms with Crippen LogP contribution in [0.2, 0.25) is 0 Å². The van der Waals surface area contributed by atoms with Gasteiger partial charge in [-0.2, -0.15) is 0 Å². The average Bonchev–Trinajstić information content (AvgIpc) is 3.19. The maximum absolute atomic E-state index is 5.10. The minimum Gasteiger partial charge on any atom is -0.310 e. The molecule has 2 atom stereocenters. The second kappa shape index (κ2) is 5.53. The summed E-state index contributed by atoms with van der Waals surface area (Å²) in [7, 11) is 0. The number of anilines is 1. The quantitative estimate of drug-likeness (QED) is 0.621. The van der Waals surface area contributed by atoms with E-state index in [1.807, 2.05) is 0 Å². The van der Waals surface area contributed by atoms with Crippen LogP contribution in [0.3, 0.4) is 0 Å². The summed E-state index contributed by atoms with van der Waals surface area (Å²) in [6, 6.07) is 30.3. The van der Waals surface area contributed by atoms with E-state index < -0.39 is 0 Å². The third-order valence-corrected chi connectivity index (χ3v) is 5.69. The minimum absolute atomic E-state index is 0.129. The number of hydrogen-bond donors (Lipinski definition) is 0. The fourth-order valence-corrected chi connectivity index (χ4v) is 4.66. The van der Waals surface area contributed by atoms with Crippen molar-refractivity contribution in [3.63, 3.8) is 0 Å². The molecule has 116 valence electrons. The first kappa shape index (κ1) is 13.9. The molecule has 0 N–H and O–H groups in total. The van der Waals surface area contributed by atoms with Gasteiger partial charge in [-0.25, -0.2) is 0 Å². The molecule has 0 radical (unpaired) electrons. The maximum Gasteiger partial charge on any atom is 0.170 e. The molecule has 2 aliphatic rings. The van der Waals surface area contributed by atoms with E-state index in [-0.39, 0.29) is 12.1 Å². The molecule has 2 nitrogen and oxygen atoms in total. The summed E-state index contributed by atoms with van der Waals surface area (Å²) in [6.45, 7) is 0. The molecular weight excluding hydrogens is 312 g/mol. The van der Waals surface area contributed by atoms with Crippen molar-refractivity contribution in [1.29, 1.82) is 0 Å². The second-order valence-electron chi connectivity index (χ2n) is 6.06. The van der Waals surface area contributed by atoms with Crippen LogP contribution in [0, 0.1) is 0 Å². The molecule has 0 fully saturated rings. The Balaban J connectivity index is 1.67. The van der Waals surface area contributed by atoms with E-state index in [4.69, 9.17) is 4.99 Å².